The second-order valence-electron chi connectivity index (χ2n) is 8.58. The molecule has 1 atom stereocenters. The zero-order chi connectivity index (χ0) is 22.1. The molecular formula is C19H27FN4O5S. The van der Waals surface area contributed by atoms with Crippen molar-refractivity contribution in [1.82, 2.24) is 9.88 Å². The average Bonchev–Trinajstić information content (AvgIpc) is 2.98. The number of carbonyl (C=O) groups is 2. The molecule has 0 bridgehead atoms. The van der Waals surface area contributed by atoms with Crippen molar-refractivity contribution >= 4 is 33.7 Å². The van der Waals surface area contributed by atoms with E-state index in [1.165, 1.54) is 4.90 Å². The number of carbonyl (C=O) groups excluding carboxylic acids is 2. The fourth-order valence-electron chi connectivity index (χ4n) is 3.68. The van der Waals surface area contributed by atoms with Gasteiger partial charge in [0.1, 0.15) is 5.60 Å². The van der Waals surface area contributed by atoms with Gasteiger partial charge in [0.15, 0.2) is 5.82 Å². The molecule has 2 saturated heterocycles. The van der Waals surface area contributed by atoms with Gasteiger partial charge in [-0.3, -0.25) is 4.79 Å². The van der Waals surface area contributed by atoms with E-state index in [0.717, 1.165) is 0 Å². The molecule has 0 saturated carbocycles. The maximum Gasteiger partial charge on any atom is 0.410 e. The Bertz CT molecular complexity index is 910. The Hall–Kier alpha value is -2.43. The molecule has 2 aliphatic rings. The first kappa shape index (κ1) is 22.3. The molecule has 2 amide bonds. The molecule has 166 valence electrons. The highest BCUT2D eigenvalue weighted by Crippen LogP contribution is 2.33. The SMILES string of the molecule is CC(C)(C)OC(=O)N1CCN(c2ncccc2N2CC(CS(=O)(=O)F)CC2=O)CC1. The number of amides is 2. The molecule has 9 nitrogen and oxygen atoms in total. The van der Waals surface area contributed by atoms with Crippen molar-refractivity contribution in [2.75, 3.05) is 48.3 Å². The van der Waals surface area contributed by atoms with Gasteiger partial charge >= 0.3 is 16.3 Å². The van der Waals surface area contributed by atoms with Crippen LogP contribution in [0.25, 0.3) is 0 Å². The van der Waals surface area contributed by atoms with Crippen molar-refractivity contribution in [3.05, 3.63) is 18.3 Å². The van der Waals surface area contributed by atoms with Crippen LogP contribution in [-0.4, -0.2) is 74.4 Å². The largest absolute Gasteiger partial charge is 0.444 e. The van der Waals surface area contributed by atoms with Crippen LogP contribution in [-0.2, 0) is 19.8 Å². The van der Waals surface area contributed by atoms with Crippen LogP contribution in [0.15, 0.2) is 18.3 Å². The lowest BCUT2D eigenvalue weighted by Gasteiger charge is -2.37. The van der Waals surface area contributed by atoms with Crippen molar-refractivity contribution in [2.24, 2.45) is 5.92 Å². The van der Waals surface area contributed by atoms with Crippen LogP contribution in [0.2, 0.25) is 0 Å². The molecule has 3 heterocycles. The number of nitrogens with zero attached hydrogens (tertiary/aromatic N) is 4. The molecule has 0 spiro atoms. The van der Waals surface area contributed by atoms with E-state index < -0.39 is 27.5 Å². The predicted octanol–water partition coefficient (Wildman–Crippen LogP) is 1.79. The highest BCUT2D eigenvalue weighted by Gasteiger charge is 2.36. The van der Waals surface area contributed by atoms with Crippen molar-refractivity contribution in [1.29, 1.82) is 0 Å². The van der Waals surface area contributed by atoms with Crippen LogP contribution in [0.3, 0.4) is 0 Å². The number of ether oxygens (including phenoxy) is 1. The maximum absolute atomic E-state index is 13.1. The minimum Gasteiger partial charge on any atom is -0.444 e. The summed E-state index contributed by atoms with van der Waals surface area (Å²) in [5, 5.41) is 0. The van der Waals surface area contributed by atoms with Crippen LogP contribution in [0.4, 0.5) is 20.2 Å². The van der Waals surface area contributed by atoms with E-state index in [-0.39, 0.29) is 25.0 Å². The number of anilines is 2. The quantitative estimate of drug-likeness (QED) is 0.656. The van der Waals surface area contributed by atoms with Gasteiger partial charge in [-0.05, 0) is 32.9 Å². The maximum atomic E-state index is 13.1. The average molecular weight is 443 g/mol. The van der Waals surface area contributed by atoms with E-state index in [9.17, 15) is 21.9 Å². The zero-order valence-electron chi connectivity index (χ0n) is 17.4. The topological polar surface area (TPSA) is 100 Å². The summed E-state index contributed by atoms with van der Waals surface area (Å²) in [7, 11) is -4.65. The highest BCUT2D eigenvalue weighted by atomic mass is 32.3. The lowest BCUT2D eigenvalue weighted by atomic mass is 10.1. The molecule has 1 aromatic rings. The fourth-order valence-corrected chi connectivity index (χ4v) is 4.46. The second kappa shape index (κ2) is 8.37. The van der Waals surface area contributed by atoms with E-state index in [4.69, 9.17) is 4.74 Å². The van der Waals surface area contributed by atoms with Gasteiger partial charge in [0, 0.05) is 51.3 Å². The number of piperazine rings is 1. The van der Waals surface area contributed by atoms with E-state index in [1.54, 1.807) is 23.2 Å². The first-order valence-corrected chi connectivity index (χ1v) is 11.4. The summed E-state index contributed by atoms with van der Waals surface area (Å²) in [5.41, 5.74) is -0.00533. The Balaban J connectivity index is 1.70. The Morgan fingerprint density at radius 2 is 1.93 bits per heavy atom. The van der Waals surface area contributed by atoms with Gasteiger partial charge < -0.3 is 19.4 Å². The molecule has 1 unspecified atom stereocenters. The summed E-state index contributed by atoms with van der Waals surface area (Å²) >= 11 is 0. The molecule has 0 aliphatic carbocycles. The van der Waals surface area contributed by atoms with Crippen LogP contribution >= 0.6 is 0 Å². The molecular weight excluding hydrogens is 415 g/mol. The minimum absolute atomic E-state index is 0.0239. The van der Waals surface area contributed by atoms with Crippen molar-refractivity contribution in [3.63, 3.8) is 0 Å². The summed E-state index contributed by atoms with van der Waals surface area (Å²) in [6.45, 7) is 7.48. The first-order chi connectivity index (χ1) is 13.9. The summed E-state index contributed by atoms with van der Waals surface area (Å²) in [5.74, 6) is -0.937. The lowest BCUT2D eigenvalue weighted by Crippen LogP contribution is -2.50. The van der Waals surface area contributed by atoms with E-state index in [0.29, 0.717) is 37.7 Å². The molecule has 2 fully saturated rings. The van der Waals surface area contributed by atoms with Gasteiger partial charge in [0.2, 0.25) is 5.91 Å². The molecule has 2 aliphatic heterocycles. The Morgan fingerprint density at radius 3 is 2.53 bits per heavy atom. The summed E-state index contributed by atoms with van der Waals surface area (Å²) < 4.78 is 40.4. The van der Waals surface area contributed by atoms with Crippen LogP contribution in [0.5, 0.6) is 0 Å². The van der Waals surface area contributed by atoms with Gasteiger partial charge in [0.05, 0.1) is 11.4 Å². The van der Waals surface area contributed by atoms with Crippen LogP contribution < -0.4 is 9.80 Å². The molecule has 0 N–H and O–H groups in total. The molecule has 3 rings (SSSR count). The number of aromatic nitrogens is 1. The normalized spacial score (nSPS) is 20.6. The highest BCUT2D eigenvalue weighted by molar-refractivity contribution is 7.86. The predicted molar refractivity (Wildman–Crippen MR) is 110 cm³/mol. The molecule has 0 aromatic carbocycles. The molecule has 0 radical (unpaired) electrons. The van der Waals surface area contributed by atoms with E-state index in [2.05, 4.69) is 4.98 Å². The van der Waals surface area contributed by atoms with Gasteiger partial charge in [-0.15, -0.1) is 3.89 Å². The Labute approximate surface area is 176 Å². The summed E-state index contributed by atoms with van der Waals surface area (Å²) in [4.78, 5) is 34.2. The number of rotatable bonds is 4. The van der Waals surface area contributed by atoms with Crippen molar-refractivity contribution in [2.45, 2.75) is 32.8 Å². The number of pyridine rings is 1. The number of hydrogen-bond donors (Lipinski definition) is 0. The molecule has 30 heavy (non-hydrogen) atoms. The number of halogens is 1. The monoisotopic (exact) mass is 442 g/mol. The standard InChI is InChI=1S/C19H27FN4O5S/c1-19(2,3)29-18(26)23-9-7-22(8-10-23)17-15(5-4-6-21-17)24-12-14(11-16(24)25)13-30(20,27)28/h4-6,14H,7-13H2,1-3H3. The minimum atomic E-state index is -4.65. The lowest BCUT2D eigenvalue weighted by molar-refractivity contribution is -0.117. The van der Waals surface area contributed by atoms with Gasteiger partial charge in [-0.1, -0.05) is 0 Å². The third kappa shape index (κ3) is 5.59. The fraction of sp³-hybridized carbons (Fsp3) is 0.632. The Kier molecular flexibility index (Phi) is 6.21. The van der Waals surface area contributed by atoms with Gasteiger partial charge in [0.25, 0.3) is 0 Å². The second-order valence-corrected chi connectivity index (χ2v) is 9.99. The van der Waals surface area contributed by atoms with Crippen LogP contribution in [0.1, 0.15) is 27.2 Å². The third-order valence-corrected chi connectivity index (χ3v) is 5.80. The van der Waals surface area contributed by atoms with E-state index in [1.807, 2.05) is 25.7 Å². The first-order valence-electron chi connectivity index (χ1n) is 9.83. The van der Waals surface area contributed by atoms with E-state index >= 15 is 0 Å². The molecule has 11 heteroatoms. The zero-order valence-corrected chi connectivity index (χ0v) is 18.2. The van der Waals surface area contributed by atoms with Crippen molar-refractivity contribution in [3.8, 4) is 0 Å². The van der Waals surface area contributed by atoms with Gasteiger partial charge in [-0.25, -0.2) is 9.78 Å². The summed E-state index contributed by atoms with van der Waals surface area (Å²) in [6, 6.07) is 3.44. The smallest absolute Gasteiger partial charge is 0.410 e. The summed E-state index contributed by atoms with van der Waals surface area (Å²) in [6.07, 6.45) is 1.22. The molecule has 1 aromatic heterocycles. The number of hydrogen-bond acceptors (Lipinski definition) is 7. The third-order valence-electron chi connectivity index (χ3n) is 4.93. The van der Waals surface area contributed by atoms with Crippen molar-refractivity contribution < 1.29 is 26.6 Å². The van der Waals surface area contributed by atoms with Gasteiger partial charge in [-0.2, -0.15) is 8.42 Å². The Morgan fingerprint density at radius 1 is 1.27 bits per heavy atom. The van der Waals surface area contributed by atoms with Crippen LogP contribution in [0, 0.1) is 5.92 Å².